The number of nitrogens with zero attached hydrogens (tertiary/aromatic N) is 1. The number of carboxylic acid groups (broad SMARTS) is 1. The minimum atomic E-state index is -1.01. The van der Waals surface area contributed by atoms with E-state index in [-0.39, 0.29) is 6.61 Å². The molecule has 0 aliphatic carbocycles. The van der Waals surface area contributed by atoms with Crippen molar-refractivity contribution < 1.29 is 24.1 Å². The second-order valence-electron chi connectivity index (χ2n) is 7.41. The number of pyridine rings is 1. The van der Waals surface area contributed by atoms with Crippen molar-refractivity contribution in [3.63, 3.8) is 0 Å². The first-order valence-electron chi connectivity index (χ1n) is 9.85. The molecule has 0 atom stereocenters. The highest BCUT2D eigenvalue weighted by atomic mass is 35.5. The van der Waals surface area contributed by atoms with Crippen LogP contribution in [0.1, 0.15) is 16.8 Å². The topological polar surface area (TPSA) is 77.9 Å². The molecule has 1 aliphatic rings. The highest BCUT2D eigenvalue weighted by Crippen LogP contribution is 2.34. The summed E-state index contributed by atoms with van der Waals surface area (Å²) in [5.74, 6) is -0.322. The third-order valence-electron chi connectivity index (χ3n) is 5.26. The van der Waals surface area contributed by atoms with Gasteiger partial charge in [-0.25, -0.2) is 9.78 Å². The van der Waals surface area contributed by atoms with Crippen molar-refractivity contribution >= 4 is 17.6 Å². The van der Waals surface area contributed by atoms with Gasteiger partial charge in [0.2, 0.25) is 0 Å². The van der Waals surface area contributed by atoms with Crippen LogP contribution in [0.15, 0.2) is 60.7 Å². The Bertz CT molecular complexity index is 1080. The van der Waals surface area contributed by atoms with Gasteiger partial charge in [0.05, 0.1) is 24.6 Å². The molecule has 6 nitrogen and oxygen atoms in total. The van der Waals surface area contributed by atoms with Crippen LogP contribution < -0.4 is 4.74 Å². The second-order valence-corrected chi connectivity index (χ2v) is 7.82. The van der Waals surface area contributed by atoms with Gasteiger partial charge in [-0.15, -0.1) is 0 Å². The predicted molar refractivity (Wildman–Crippen MR) is 116 cm³/mol. The van der Waals surface area contributed by atoms with Gasteiger partial charge in [0, 0.05) is 10.6 Å². The summed E-state index contributed by atoms with van der Waals surface area (Å²) in [6.07, 6.45) is 0. The van der Waals surface area contributed by atoms with Gasteiger partial charge in [0.15, 0.2) is 0 Å². The number of aromatic nitrogens is 1. The fourth-order valence-corrected chi connectivity index (χ4v) is 3.60. The van der Waals surface area contributed by atoms with Crippen molar-refractivity contribution in [1.82, 2.24) is 4.98 Å². The maximum absolute atomic E-state index is 10.8. The second kappa shape index (κ2) is 9.06. The van der Waals surface area contributed by atoms with Gasteiger partial charge in [-0.1, -0.05) is 41.9 Å². The van der Waals surface area contributed by atoms with Crippen molar-refractivity contribution in [1.29, 1.82) is 0 Å². The lowest BCUT2D eigenvalue weighted by Gasteiger charge is -2.41. The highest BCUT2D eigenvalue weighted by molar-refractivity contribution is 6.31. The first-order valence-corrected chi connectivity index (χ1v) is 10.2. The van der Waals surface area contributed by atoms with Gasteiger partial charge >= 0.3 is 5.97 Å². The zero-order valence-electron chi connectivity index (χ0n) is 17.0. The van der Waals surface area contributed by atoms with Crippen LogP contribution in [0.4, 0.5) is 0 Å². The van der Waals surface area contributed by atoms with E-state index in [0.717, 1.165) is 28.1 Å². The molecule has 1 saturated heterocycles. The normalized spacial score (nSPS) is 14.6. The van der Waals surface area contributed by atoms with E-state index in [2.05, 4.69) is 0 Å². The Morgan fingerprint density at radius 2 is 1.87 bits per heavy atom. The summed E-state index contributed by atoms with van der Waals surface area (Å²) in [6, 6.07) is 19.0. The first kappa shape index (κ1) is 21.3. The molecule has 160 valence electrons. The third-order valence-corrected chi connectivity index (χ3v) is 5.67. The fraction of sp³-hybridized carbons (Fsp3) is 0.250. The molecule has 0 unspecified atom stereocenters. The van der Waals surface area contributed by atoms with Gasteiger partial charge in [-0.2, -0.15) is 0 Å². The number of ether oxygens (including phenoxy) is 3. The molecule has 1 fully saturated rings. The summed E-state index contributed by atoms with van der Waals surface area (Å²) in [5.41, 5.74) is 3.79. The lowest BCUT2D eigenvalue weighted by atomic mass is 9.91. The van der Waals surface area contributed by atoms with E-state index >= 15 is 0 Å². The number of benzene rings is 2. The third kappa shape index (κ3) is 4.71. The zero-order valence-corrected chi connectivity index (χ0v) is 17.8. The van der Waals surface area contributed by atoms with Gasteiger partial charge in [-0.3, -0.25) is 0 Å². The van der Waals surface area contributed by atoms with Crippen LogP contribution in [-0.4, -0.2) is 35.9 Å². The van der Waals surface area contributed by atoms with Crippen LogP contribution in [0.3, 0.4) is 0 Å². The minimum absolute atomic E-state index is 0.316. The van der Waals surface area contributed by atoms with Gasteiger partial charge < -0.3 is 19.3 Å². The predicted octanol–water partition coefficient (Wildman–Crippen LogP) is 4.62. The standard InChI is InChI=1S/C24H22ClNO5/c1-16-20(5-3-6-21(16)25)22-7-2-4-18(26-22)12-30-19-10-8-17(9-11-19)24(14-29-15-24)31-13-23(27)28/h2-11H,12-15H2,1H3,(H,27,28). The monoisotopic (exact) mass is 439 g/mol. The number of hydrogen-bond donors (Lipinski definition) is 1. The van der Waals surface area contributed by atoms with Crippen molar-refractivity contribution in [2.24, 2.45) is 0 Å². The quantitative estimate of drug-likeness (QED) is 0.552. The smallest absolute Gasteiger partial charge is 0.329 e. The van der Waals surface area contributed by atoms with Crippen LogP contribution in [0.5, 0.6) is 5.75 Å². The maximum Gasteiger partial charge on any atom is 0.329 e. The molecule has 1 aromatic heterocycles. The molecule has 0 spiro atoms. The van der Waals surface area contributed by atoms with Crippen LogP contribution >= 0.6 is 11.6 Å². The molecule has 2 heterocycles. The lowest BCUT2D eigenvalue weighted by Crippen LogP contribution is -2.49. The van der Waals surface area contributed by atoms with Crippen molar-refractivity contribution in [2.75, 3.05) is 19.8 Å². The van der Waals surface area contributed by atoms with E-state index in [1.165, 1.54) is 0 Å². The van der Waals surface area contributed by atoms with E-state index in [1.54, 1.807) is 0 Å². The minimum Gasteiger partial charge on any atom is -0.487 e. The molecule has 0 saturated carbocycles. The molecule has 4 rings (SSSR count). The molecular weight excluding hydrogens is 418 g/mol. The van der Waals surface area contributed by atoms with Gasteiger partial charge in [-0.05, 0) is 48.4 Å². The summed E-state index contributed by atoms with van der Waals surface area (Å²) in [4.78, 5) is 15.5. The Balaban J connectivity index is 1.43. The number of hydrogen-bond acceptors (Lipinski definition) is 5. The van der Waals surface area contributed by atoms with Crippen LogP contribution in [0.2, 0.25) is 5.02 Å². The molecule has 0 radical (unpaired) electrons. The SMILES string of the molecule is Cc1c(Cl)cccc1-c1cccc(COc2ccc(C3(OCC(=O)O)COC3)cc2)n1. The summed E-state index contributed by atoms with van der Waals surface area (Å²) < 4.78 is 16.7. The Labute approximate surface area is 185 Å². The van der Waals surface area contributed by atoms with E-state index in [9.17, 15) is 4.79 Å². The van der Waals surface area contributed by atoms with E-state index in [4.69, 9.17) is 35.9 Å². The average Bonchev–Trinajstić information content (AvgIpc) is 2.74. The lowest BCUT2D eigenvalue weighted by molar-refractivity contribution is -0.220. The average molecular weight is 440 g/mol. The first-order chi connectivity index (χ1) is 15.0. The summed E-state index contributed by atoms with van der Waals surface area (Å²) in [7, 11) is 0. The Kier molecular flexibility index (Phi) is 6.23. The molecule has 31 heavy (non-hydrogen) atoms. The van der Waals surface area contributed by atoms with E-state index < -0.39 is 11.6 Å². The number of halogens is 1. The van der Waals surface area contributed by atoms with Gasteiger partial charge in [0.1, 0.15) is 24.6 Å². The summed E-state index contributed by atoms with van der Waals surface area (Å²) >= 11 is 6.24. The Morgan fingerprint density at radius 3 is 2.55 bits per heavy atom. The van der Waals surface area contributed by atoms with E-state index in [1.807, 2.05) is 67.6 Å². The maximum atomic E-state index is 10.8. The number of carboxylic acids is 1. The highest BCUT2D eigenvalue weighted by Gasteiger charge is 2.42. The Morgan fingerprint density at radius 1 is 1.13 bits per heavy atom. The summed E-state index contributed by atoms with van der Waals surface area (Å²) in [6.45, 7) is 2.59. The van der Waals surface area contributed by atoms with Crippen LogP contribution in [0, 0.1) is 6.92 Å². The van der Waals surface area contributed by atoms with Crippen LogP contribution in [-0.2, 0) is 26.5 Å². The largest absolute Gasteiger partial charge is 0.487 e. The van der Waals surface area contributed by atoms with Crippen LogP contribution in [0.25, 0.3) is 11.3 Å². The molecule has 3 aromatic rings. The zero-order chi connectivity index (χ0) is 21.8. The molecular formula is C24H22ClNO5. The van der Waals surface area contributed by atoms with Crippen molar-refractivity contribution in [3.8, 4) is 17.0 Å². The molecule has 1 aliphatic heterocycles. The Hall–Kier alpha value is -2.93. The van der Waals surface area contributed by atoms with Crippen molar-refractivity contribution in [2.45, 2.75) is 19.1 Å². The molecule has 0 amide bonds. The molecule has 1 N–H and O–H groups in total. The molecule has 0 bridgehead atoms. The van der Waals surface area contributed by atoms with E-state index in [0.29, 0.717) is 30.6 Å². The molecule has 2 aromatic carbocycles. The van der Waals surface area contributed by atoms with Gasteiger partial charge in [0.25, 0.3) is 0 Å². The fourth-order valence-electron chi connectivity index (χ4n) is 3.43. The number of aliphatic carboxylic acids is 1. The number of rotatable bonds is 8. The van der Waals surface area contributed by atoms with Crippen molar-refractivity contribution in [3.05, 3.63) is 82.5 Å². The summed E-state index contributed by atoms with van der Waals surface area (Å²) in [5, 5.41) is 9.60. The molecule has 7 heteroatoms. The number of carbonyl (C=O) groups is 1.